The Morgan fingerprint density at radius 2 is 1.69 bits per heavy atom. The van der Waals surface area contributed by atoms with Gasteiger partial charge in [0.2, 0.25) is 0 Å². The first-order valence-corrected chi connectivity index (χ1v) is 11.4. The molecule has 174 valence electrons. The van der Waals surface area contributed by atoms with Crippen molar-refractivity contribution < 1.29 is 14.2 Å². The number of nitrogens with one attached hydrogen (secondary N) is 1. The van der Waals surface area contributed by atoms with Gasteiger partial charge in [-0.05, 0) is 74.2 Å². The Bertz CT molecular complexity index is 849. The maximum absolute atomic E-state index is 6.00. The van der Waals surface area contributed by atoms with Gasteiger partial charge in [0.15, 0.2) is 17.5 Å². The van der Waals surface area contributed by atoms with Gasteiger partial charge in [0.1, 0.15) is 12.4 Å². The standard InChI is InChI=1S/C25H36N4O3/c1-30-23-10-7-21(19-24(23)31-2)12-14-28-25(26)27-13-11-20-5-8-22(9-6-20)32-18-17-29-15-3-4-16-29/h5-10,19H,3-4,11-18H2,1-2H3,(H3,26,27,28). The molecule has 0 spiro atoms. The van der Waals surface area contributed by atoms with Crippen molar-refractivity contribution in [3.05, 3.63) is 53.6 Å². The molecule has 32 heavy (non-hydrogen) atoms. The number of benzene rings is 2. The number of likely N-dealkylation sites (tertiary alicyclic amines) is 1. The topological polar surface area (TPSA) is 81.3 Å². The van der Waals surface area contributed by atoms with E-state index in [0.29, 0.717) is 19.0 Å². The summed E-state index contributed by atoms with van der Waals surface area (Å²) >= 11 is 0. The summed E-state index contributed by atoms with van der Waals surface area (Å²) in [5, 5.41) is 3.17. The molecular weight excluding hydrogens is 404 g/mol. The van der Waals surface area contributed by atoms with Crippen LogP contribution in [0.2, 0.25) is 0 Å². The van der Waals surface area contributed by atoms with Gasteiger partial charge in [-0.1, -0.05) is 18.2 Å². The lowest BCUT2D eigenvalue weighted by Gasteiger charge is -2.15. The average Bonchev–Trinajstić information content (AvgIpc) is 3.33. The van der Waals surface area contributed by atoms with Crippen LogP contribution in [0.5, 0.6) is 17.2 Å². The molecule has 7 nitrogen and oxygen atoms in total. The van der Waals surface area contributed by atoms with E-state index in [0.717, 1.165) is 48.8 Å². The molecule has 0 atom stereocenters. The predicted molar refractivity (Wildman–Crippen MR) is 129 cm³/mol. The molecule has 0 radical (unpaired) electrons. The first-order chi connectivity index (χ1) is 15.7. The zero-order chi connectivity index (χ0) is 22.6. The van der Waals surface area contributed by atoms with Crippen LogP contribution in [0.25, 0.3) is 0 Å². The highest BCUT2D eigenvalue weighted by Crippen LogP contribution is 2.27. The number of rotatable bonds is 12. The van der Waals surface area contributed by atoms with E-state index in [4.69, 9.17) is 19.9 Å². The maximum atomic E-state index is 6.00. The molecule has 0 unspecified atom stereocenters. The zero-order valence-corrected chi connectivity index (χ0v) is 19.3. The van der Waals surface area contributed by atoms with Crippen molar-refractivity contribution in [1.82, 2.24) is 10.2 Å². The van der Waals surface area contributed by atoms with Crippen LogP contribution in [-0.2, 0) is 12.8 Å². The number of nitrogens with zero attached hydrogens (tertiary/aromatic N) is 2. The first-order valence-electron chi connectivity index (χ1n) is 11.4. The van der Waals surface area contributed by atoms with Crippen LogP contribution in [0.15, 0.2) is 47.5 Å². The third-order valence-corrected chi connectivity index (χ3v) is 5.65. The third kappa shape index (κ3) is 7.64. The zero-order valence-electron chi connectivity index (χ0n) is 19.3. The maximum Gasteiger partial charge on any atom is 0.188 e. The lowest BCUT2D eigenvalue weighted by molar-refractivity contribution is 0.238. The van der Waals surface area contributed by atoms with Gasteiger partial charge in [-0.3, -0.25) is 9.89 Å². The Morgan fingerprint density at radius 3 is 2.41 bits per heavy atom. The second kappa shape index (κ2) is 12.8. The van der Waals surface area contributed by atoms with E-state index in [2.05, 4.69) is 27.3 Å². The fourth-order valence-corrected chi connectivity index (χ4v) is 3.78. The summed E-state index contributed by atoms with van der Waals surface area (Å²) in [5.74, 6) is 2.85. The van der Waals surface area contributed by atoms with Gasteiger partial charge < -0.3 is 25.3 Å². The van der Waals surface area contributed by atoms with E-state index in [9.17, 15) is 0 Å². The fourth-order valence-electron chi connectivity index (χ4n) is 3.78. The highest BCUT2D eigenvalue weighted by Gasteiger charge is 2.10. The highest BCUT2D eigenvalue weighted by atomic mass is 16.5. The summed E-state index contributed by atoms with van der Waals surface area (Å²) in [6.45, 7) is 5.51. The molecule has 0 saturated carbocycles. The van der Waals surface area contributed by atoms with Crippen molar-refractivity contribution in [2.45, 2.75) is 25.7 Å². The summed E-state index contributed by atoms with van der Waals surface area (Å²) in [6.07, 6.45) is 4.28. The molecule has 1 saturated heterocycles. The van der Waals surface area contributed by atoms with Gasteiger partial charge in [0.05, 0.1) is 14.2 Å². The summed E-state index contributed by atoms with van der Waals surface area (Å²) in [7, 11) is 3.27. The lowest BCUT2D eigenvalue weighted by Crippen LogP contribution is -2.33. The molecule has 7 heteroatoms. The number of guanidine groups is 1. The van der Waals surface area contributed by atoms with E-state index in [1.807, 2.05) is 30.3 Å². The quantitative estimate of drug-likeness (QED) is 0.390. The molecule has 0 bridgehead atoms. The van der Waals surface area contributed by atoms with Crippen molar-refractivity contribution in [2.24, 2.45) is 10.7 Å². The van der Waals surface area contributed by atoms with Crippen LogP contribution in [-0.4, -0.2) is 64.4 Å². The molecule has 0 aliphatic carbocycles. The number of hydrogen-bond donors (Lipinski definition) is 2. The van der Waals surface area contributed by atoms with E-state index in [-0.39, 0.29) is 0 Å². The van der Waals surface area contributed by atoms with Crippen LogP contribution >= 0.6 is 0 Å². The largest absolute Gasteiger partial charge is 0.493 e. The summed E-state index contributed by atoms with van der Waals surface area (Å²) in [6, 6.07) is 14.2. The number of nitrogens with two attached hydrogens (primary N) is 1. The van der Waals surface area contributed by atoms with Crippen molar-refractivity contribution in [3.8, 4) is 17.2 Å². The average molecular weight is 441 g/mol. The van der Waals surface area contributed by atoms with E-state index >= 15 is 0 Å². The minimum atomic E-state index is 0.465. The van der Waals surface area contributed by atoms with E-state index in [1.54, 1.807) is 14.2 Å². The van der Waals surface area contributed by atoms with Crippen molar-refractivity contribution in [3.63, 3.8) is 0 Å². The Morgan fingerprint density at radius 1 is 0.969 bits per heavy atom. The number of methoxy groups -OCH3 is 2. The number of aliphatic imine (C=N–C) groups is 1. The lowest BCUT2D eigenvalue weighted by atomic mass is 10.1. The minimum Gasteiger partial charge on any atom is -0.493 e. The molecule has 1 aliphatic rings. The summed E-state index contributed by atoms with van der Waals surface area (Å²) < 4.78 is 16.5. The Hall–Kier alpha value is -2.93. The normalized spacial score (nSPS) is 14.4. The van der Waals surface area contributed by atoms with Crippen LogP contribution in [0.3, 0.4) is 0 Å². The van der Waals surface area contributed by atoms with Crippen molar-refractivity contribution >= 4 is 5.96 Å². The van der Waals surface area contributed by atoms with Gasteiger partial charge in [0, 0.05) is 19.6 Å². The monoisotopic (exact) mass is 440 g/mol. The minimum absolute atomic E-state index is 0.465. The Kier molecular flexibility index (Phi) is 9.50. The summed E-state index contributed by atoms with van der Waals surface area (Å²) in [4.78, 5) is 6.89. The molecule has 1 aliphatic heterocycles. The van der Waals surface area contributed by atoms with Crippen LogP contribution < -0.4 is 25.3 Å². The predicted octanol–water partition coefficient (Wildman–Crippen LogP) is 2.87. The Labute approximate surface area is 191 Å². The number of ether oxygens (including phenoxy) is 3. The second-order valence-corrected chi connectivity index (χ2v) is 7.92. The van der Waals surface area contributed by atoms with Gasteiger partial charge in [-0.25, -0.2) is 0 Å². The van der Waals surface area contributed by atoms with Gasteiger partial charge >= 0.3 is 0 Å². The van der Waals surface area contributed by atoms with Gasteiger partial charge in [0.25, 0.3) is 0 Å². The molecule has 0 aromatic heterocycles. The Balaban J connectivity index is 1.33. The molecule has 1 fully saturated rings. The van der Waals surface area contributed by atoms with Crippen LogP contribution in [0.4, 0.5) is 0 Å². The number of hydrogen-bond acceptors (Lipinski definition) is 5. The smallest absolute Gasteiger partial charge is 0.188 e. The van der Waals surface area contributed by atoms with Crippen LogP contribution in [0, 0.1) is 0 Å². The van der Waals surface area contributed by atoms with Gasteiger partial charge in [-0.2, -0.15) is 0 Å². The van der Waals surface area contributed by atoms with Crippen molar-refractivity contribution in [2.75, 3.05) is 53.6 Å². The second-order valence-electron chi connectivity index (χ2n) is 7.92. The fraction of sp³-hybridized carbons (Fsp3) is 0.480. The molecule has 0 amide bonds. The molecule has 3 N–H and O–H groups in total. The molecule has 1 heterocycles. The third-order valence-electron chi connectivity index (χ3n) is 5.65. The SMILES string of the molecule is COc1ccc(CCNC(N)=NCCc2ccc(OCCN3CCCC3)cc2)cc1OC. The molecule has 3 rings (SSSR count). The van der Waals surface area contributed by atoms with E-state index in [1.165, 1.54) is 31.5 Å². The van der Waals surface area contributed by atoms with Crippen molar-refractivity contribution in [1.29, 1.82) is 0 Å². The molecule has 2 aromatic rings. The first kappa shape index (κ1) is 23.7. The summed E-state index contributed by atoms with van der Waals surface area (Å²) in [5.41, 5.74) is 8.37. The van der Waals surface area contributed by atoms with Crippen LogP contribution in [0.1, 0.15) is 24.0 Å². The molecule has 2 aromatic carbocycles. The van der Waals surface area contributed by atoms with Gasteiger partial charge in [-0.15, -0.1) is 0 Å². The molecular formula is C25H36N4O3. The van der Waals surface area contributed by atoms with E-state index < -0.39 is 0 Å². The highest BCUT2D eigenvalue weighted by molar-refractivity contribution is 5.77.